The van der Waals surface area contributed by atoms with Crippen molar-refractivity contribution in [2.45, 2.75) is 51.5 Å². The van der Waals surface area contributed by atoms with Crippen molar-refractivity contribution in [3.8, 4) is 0 Å². The normalized spacial score (nSPS) is 22.6. The quantitative estimate of drug-likeness (QED) is 0.485. The van der Waals surface area contributed by atoms with Crippen molar-refractivity contribution in [2.75, 3.05) is 13.1 Å². The average molecular weight is 216 g/mol. The number of aliphatic hydroxyl groups excluding tert-OH is 2. The Morgan fingerprint density at radius 3 is 2.40 bits per heavy atom. The van der Waals surface area contributed by atoms with Crippen LogP contribution in [0, 0.1) is 5.92 Å². The van der Waals surface area contributed by atoms with E-state index in [1.807, 2.05) is 0 Å². The van der Waals surface area contributed by atoms with Crippen molar-refractivity contribution in [1.29, 1.82) is 0 Å². The van der Waals surface area contributed by atoms with Crippen LogP contribution in [0.5, 0.6) is 0 Å². The SMILES string of the molecule is CC(O)NCC(O)NCC1CCCCC1. The van der Waals surface area contributed by atoms with E-state index in [0.29, 0.717) is 6.54 Å². The summed E-state index contributed by atoms with van der Waals surface area (Å²) in [5.74, 6) is 0.722. The molecule has 0 amide bonds. The molecule has 4 nitrogen and oxygen atoms in total. The van der Waals surface area contributed by atoms with Gasteiger partial charge in [-0.15, -0.1) is 0 Å². The second kappa shape index (κ2) is 7.17. The van der Waals surface area contributed by atoms with E-state index in [9.17, 15) is 5.11 Å². The van der Waals surface area contributed by atoms with Crippen LogP contribution in [-0.2, 0) is 0 Å². The molecule has 0 radical (unpaired) electrons. The van der Waals surface area contributed by atoms with E-state index in [2.05, 4.69) is 10.6 Å². The summed E-state index contributed by atoms with van der Waals surface area (Å²) in [5.41, 5.74) is 0. The lowest BCUT2D eigenvalue weighted by molar-refractivity contribution is 0.0902. The van der Waals surface area contributed by atoms with E-state index < -0.39 is 12.5 Å². The fourth-order valence-corrected chi connectivity index (χ4v) is 2.05. The lowest BCUT2D eigenvalue weighted by atomic mass is 9.89. The maximum absolute atomic E-state index is 9.54. The van der Waals surface area contributed by atoms with E-state index in [-0.39, 0.29) is 0 Å². The number of nitrogens with one attached hydrogen (secondary N) is 2. The number of aliphatic hydroxyl groups is 2. The predicted molar refractivity (Wildman–Crippen MR) is 60.3 cm³/mol. The lowest BCUT2D eigenvalue weighted by Gasteiger charge is -2.23. The highest BCUT2D eigenvalue weighted by Crippen LogP contribution is 2.22. The summed E-state index contributed by atoms with van der Waals surface area (Å²) < 4.78 is 0. The minimum absolute atomic E-state index is 0.393. The molecule has 0 aromatic heterocycles. The molecular formula is C11H24N2O2. The summed E-state index contributed by atoms with van der Waals surface area (Å²) in [6.45, 7) is 2.93. The molecule has 0 heterocycles. The Hall–Kier alpha value is -0.160. The molecule has 2 unspecified atom stereocenters. The topological polar surface area (TPSA) is 64.5 Å². The van der Waals surface area contributed by atoms with Gasteiger partial charge in [0.25, 0.3) is 0 Å². The smallest absolute Gasteiger partial charge is 0.117 e. The molecule has 1 aliphatic rings. The van der Waals surface area contributed by atoms with Gasteiger partial charge in [0, 0.05) is 13.1 Å². The van der Waals surface area contributed by atoms with Gasteiger partial charge in [0.1, 0.15) is 12.5 Å². The molecule has 15 heavy (non-hydrogen) atoms. The average Bonchev–Trinajstić information content (AvgIpc) is 2.25. The first kappa shape index (κ1) is 12.9. The van der Waals surface area contributed by atoms with Crippen LogP contribution >= 0.6 is 0 Å². The zero-order valence-electron chi connectivity index (χ0n) is 9.58. The summed E-state index contributed by atoms with van der Waals surface area (Å²) in [6, 6.07) is 0. The van der Waals surface area contributed by atoms with Crippen molar-refractivity contribution in [1.82, 2.24) is 10.6 Å². The molecule has 2 atom stereocenters. The minimum atomic E-state index is -0.559. The third-order valence-electron chi connectivity index (χ3n) is 2.97. The van der Waals surface area contributed by atoms with Crippen molar-refractivity contribution >= 4 is 0 Å². The summed E-state index contributed by atoms with van der Waals surface area (Å²) >= 11 is 0. The minimum Gasteiger partial charge on any atom is -0.379 e. The largest absolute Gasteiger partial charge is 0.379 e. The van der Waals surface area contributed by atoms with E-state index in [1.54, 1.807) is 6.92 Å². The highest BCUT2D eigenvalue weighted by molar-refractivity contribution is 4.69. The third-order valence-corrected chi connectivity index (χ3v) is 2.97. The monoisotopic (exact) mass is 216 g/mol. The van der Waals surface area contributed by atoms with Crippen LogP contribution in [0.3, 0.4) is 0 Å². The molecule has 0 saturated heterocycles. The Kier molecular flexibility index (Phi) is 6.17. The van der Waals surface area contributed by atoms with E-state index in [1.165, 1.54) is 32.1 Å². The number of hydrogen-bond acceptors (Lipinski definition) is 4. The fourth-order valence-electron chi connectivity index (χ4n) is 2.05. The molecule has 1 aliphatic carbocycles. The second-order valence-corrected chi connectivity index (χ2v) is 4.51. The number of rotatable bonds is 6. The molecule has 4 N–H and O–H groups in total. The standard InChI is InChI=1S/C11H24N2O2/c1-9(14)12-8-11(15)13-7-10-5-3-2-4-6-10/h9-15H,2-8H2,1H3. The molecule has 1 saturated carbocycles. The van der Waals surface area contributed by atoms with Crippen molar-refractivity contribution < 1.29 is 10.2 Å². The first-order valence-corrected chi connectivity index (χ1v) is 6.01. The zero-order chi connectivity index (χ0) is 11.1. The highest BCUT2D eigenvalue weighted by Gasteiger charge is 2.14. The van der Waals surface area contributed by atoms with Crippen molar-refractivity contribution in [2.24, 2.45) is 5.92 Å². The van der Waals surface area contributed by atoms with Gasteiger partial charge >= 0.3 is 0 Å². The van der Waals surface area contributed by atoms with Gasteiger partial charge in [-0.2, -0.15) is 0 Å². The van der Waals surface area contributed by atoms with Crippen LogP contribution in [0.4, 0.5) is 0 Å². The van der Waals surface area contributed by atoms with Gasteiger partial charge in [-0.05, 0) is 25.7 Å². The van der Waals surface area contributed by atoms with Crippen LogP contribution in [0.15, 0.2) is 0 Å². The lowest BCUT2D eigenvalue weighted by Crippen LogP contribution is -2.43. The summed E-state index contributed by atoms with van der Waals surface area (Å²) in [6.07, 6.45) is 5.47. The van der Waals surface area contributed by atoms with Crippen LogP contribution in [0.1, 0.15) is 39.0 Å². The zero-order valence-corrected chi connectivity index (χ0v) is 9.58. The van der Waals surface area contributed by atoms with Crippen molar-refractivity contribution in [3.63, 3.8) is 0 Å². The molecule has 0 aliphatic heterocycles. The van der Waals surface area contributed by atoms with E-state index in [4.69, 9.17) is 5.11 Å². The molecule has 0 spiro atoms. The Balaban J connectivity index is 2.02. The van der Waals surface area contributed by atoms with Crippen LogP contribution in [-0.4, -0.2) is 35.8 Å². The summed E-state index contributed by atoms with van der Waals surface area (Å²) in [4.78, 5) is 0. The van der Waals surface area contributed by atoms with Gasteiger partial charge in [-0.25, -0.2) is 0 Å². The van der Waals surface area contributed by atoms with Gasteiger partial charge < -0.3 is 10.2 Å². The summed E-state index contributed by atoms with van der Waals surface area (Å²) in [7, 11) is 0. The molecular weight excluding hydrogens is 192 g/mol. The van der Waals surface area contributed by atoms with Gasteiger partial charge in [0.05, 0.1) is 0 Å². The molecule has 1 rings (SSSR count). The molecule has 0 aromatic rings. The first-order chi connectivity index (χ1) is 7.18. The Bertz CT molecular complexity index is 159. The number of hydrogen-bond donors (Lipinski definition) is 4. The Morgan fingerprint density at radius 2 is 1.80 bits per heavy atom. The van der Waals surface area contributed by atoms with E-state index in [0.717, 1.165) is 12.5 Å². The molecule has 0 aromatic carbocycles. The van der Waals surface area contributed by atoms with Crippen LogP contribution in [0.2, 0.25) is 0 Å². The maximum Gasteiger partial charge on any atom is 0.117 e. The van der Waals surface area contributed by atoms with E-state index >= 15 is 0 Å². The molecule has 4 heteroatoms. The van der Waals surface area contributed by atoms with Crippen molar-refractivity contribution in [3.05, 3.63) is 0 Å². The van der Waals surface area contributed by atoms with Crippen LogP contribution < -0.4 is 10.6 Å². The fraction of sp³-hybridized carbons (Fsp3) is 1.00. The van der Waals surface area contributed by atoms with Gasteiger partial charge in [0.15, 0.2) is 0 Å². The highest BCUT2D eigenvalue weighted by atomic mass is 16.3. The van der Waals surface area contributed by atoms with Gasteiger partial charge in [-0.3, -0.25) is 10.6 Å². The summed E-state index contributed by atoms with van der Waals surface area (Å²) in [5, 5.41) is 24.4. The Labute approximate surface area is 92.1 Å². The maximum atomic E-state index is 9.54. The molecule has 1 fully saturated rings. The predicted octanol–water partition coefficient (Wildman–Crippen LogP) is 0.403. The van der Waals surface area contributed by atoms with Gasteiger partial charge in [-0.1, -0.05) is 19.3 Å². The Morgan fingerprint density at radius 1 is 1.13 bits per heavy atom. The third kappa shape index (κ3) is 6.10. The first-order valence-electron chi connectivity index (χ1n) is 6.01. The molecule has 0 bridgehead atoms. The van der Waals surface area contributed by atoms with Crippen LogP contribution in [0.25, 0.3) is 0 Å². The second-order valence-electron chi connectivity index (χ2n) is 4.51. The van der Waals surface area contributed by atoms with Gasteiger partial charge in [0.2, 0.25) is 0 Å². The molecule has 90 valence electrons.